The van der Waals surface area contributed by atoms with Crippen LogP contribution < -0.4 is 4.90 Å². The predicted molar refractivity (Wildman–Crippen MR) is 178 cm³/mol. The zero-order valence-corrected chi connectivity index (χ0v) is 25.2. The first-order valence-electron chi connectivity index (χ1n) is 14.8. The van der Waals surface area contributed by atoms with E-state index in [-0.39, 0.29) is 11.6 Å². The summed E-state index contributed by atoms with van der Waals surface area (Å²) in [7, 11) is 0. The molecule has 6 aromatic rings. The minimum Gasteiger partial charge on any atom is -0.308 e. The average Bonchev–Trinajstić information content (AvgIpc) is 3.66. The first-order chi connectivity index (χ1) is 22.1. The summed E-state index contributed by atoms with van der Waals surface area (Å²) in [4.78, 5) is 42.6. The van der Waals surface area contributed by atoms with Gasteiger partial charge in [0.15, 0.2) is 11.6 Å². The van der Waals surface area contributed by atoms with Crippen LogP contribution in [-0.4, -0.2) is 21.5 Å². The van der Waals surface area contributed by atoms with Crippen molar-refractivity contribution in [2.75, 3.05) is 4.90 Å². The molecule has 6 heteroatoms. The maximum absolute atomic E-state index is 15.0. The van der Waals surface area contributed by atoms with Crippen LogP contribution in [0, 0.1) is 0 Å². The summed E-state index contributed by atoms with van der Waals surface area (Å²) in [6.45, 7) is 0. The smallest absolute Gasteiger partial charge is 0.193 e. The van der Waals surface area contributed by atoms with Gasteiger partial charge in [0.25, 0.3) is 0 Å². The Balaban J connectivity index is 1.44. The first-order valence-corrected chi connectivity index (χ1v) is 15.6. The molecule has 1 spiro atoms. The standard InChI is InChI=1S/C39H20BrN3O2/c40-21-17-19-22(20-18-21)43-34-23-9-1-3-11-25(23)36(44)31(34)39(32-35(43)24-10-2-4-12-26(24)37(32)45)28-14-6-5-13-27(28)33-38(39)42-30-16-8-7-15-29(30)41-33/h1-20H. The van der Waals surface area contributed by atoms with Crippen molar-refractivity contribution >= 4 is 55.6 Å². The van der Waals surface area contributed by atoms with Crippen molar-refractivity contribution in [2.24, 2.45) is 0 Å². The molecule has 10 rings (SSSR count). The van der Waals surface area contributed by atoms with Gasteiger partial charge in [-0.05, 0) is 42.0 Å². The van der Waals surface area contributed by atoms with E-state index >= 15 is 9.59 Å². The number of anilines is 1. The Labute approximate surface area is 266 Å². The fourth-order valence-corrected chi connectivity index (χ4v) is 8.14. The molecule has 1 aromatic heterocycles. The zero-order chi connectivity index (χ0) is 30.0. The Kier molecular flexibility index (Phi) is 4.76. The Morgan fingerprint density at radius 2 is 1.02 bits per heavy atom. The van der Waals surface area contributed by atoms with Crippen LogP contribution in [0.4, 0.5) is 5.69 Å². The van der Waals surface area contributed by atoms with E-state index in [9.17, 15) is 0 Å². The van der Waals surface area contributed by atoms with Crippen LogP contribution in [0.5, 0.6) is 0 Å². The van der Waals surface area contributed by atoms with Crippen molar-refractivity contribution in [2.45, 2.75) is 5.41 Å². The minimum atomic E-state index is -1.27. The Hall–Kier alpha value is -5.46. The lowest BCUT2D eigenvalue weighted by molar-refractivity contribution is 0.101. The van der Waals surface area contributed by atoms with Gasteiger partial charge in [-0.1, -0.05) is 101 Å². The molecule has 0 bridgehead atoms. The molecule has 2 heterocycles. The number of benzene rings is 5. The molecule has 1 aliphatic heterocycles. The number of allylic oxidation sites excluding steroid dienone is 2. The third-order valence-electron chi connectivity index (χ3n) is 9.58. The summed E-state index contributed by atoms with van der Waals surface area (Å²) in [5.74, 6) is -0.203. The summed E-state index contributed by atoms with van der Waals surface area (Å²) in [5.41, 5.74) is 9.68. The molecular formula is C39H20BrN3O2. The van der Waals surface area contributed by atoms with Crippen molar-refractivity contribution in [3.63, 3.8) is 0 Å². The molecule has 0 amide bonds. The van der Waals surface area contributed by atoms with Crippen LogP contribution in [0.1, 0.15) is 43.1 Å². The van der Waals surface area contributed by atoms with E-state index in [0.29, 0.717) is 39.2 Å². The molecule has 0 unspecified atom stereocenters. The van der Waals surface area contributed by atoms with Crippen molar-refractivity contribution < 1.29 is 9.59 Å². The molecule has 0 saturated heterocycles. The highest BCUT2D eigenvalue weighted by molar-refractivity contribution is 9.10. The number of halogens is 1. The molecule has 4 aliphatic rings. The summed E-state index contributed by atoms with van der Waals surface area (Å²) < 4.78 is 0.940. The quantitative estimate of drug-likeness (QED) is 0.180. The molecule has 0 N–H and O–H groups in total. The van der Waals surface area contributed by atoms with E-state index in [1.54, 1.807) is 0 Å². The van der Waals surface area contributed by atoms with Crippen LogP contribution in [0.15, 0.2) is 137 Å². The highest BCUT2D eigenvalue weighted by atomic mass is 79.9. The lowest BCUT2D eigenvalue weighted by Crippen LogP contribution is -2.42. The number of rotatable bonds is 1. The number of nitrogens with zero attached hydrogens (tertiary/aromatic N) is 3. The molecule has 5 nitrogen and oxygen atoms in total. The van der Waals surface area contributed by atoms with Gasteiger partial charge in [-0.3, -0.25) is 9.59 Å². The number of hydrogen-bond acceptors (Lipinski definition) is 5. The number of aromatic nitrogens is 2. The van der Waals surface area contributed by atoms with Gasteiger partial charge in [0.05, 0.1) is 33.8 Å². The summed E-state index contributed by atoms with van der Waals surface area (Å²) in [6.07, 6.45) is 0. The van der Waals surface area contributed by atoms with Crippen molar-refractivity contribution in [3.05, 3.63) is 170 Å². The van der Waals surface area contributed by atoms with Crippen molar-refractivity contribution in [1.29, 1.82) is 0 Å². The molecule has 0 radical (unpaired) electrons. The maximum atomic E-state index is 15.0. The lowest BCUT2D eigenvalue weighted by atomic mass is 9.64. The molecule has 0 atom stereocenters. The highest BCUT2D eigenvalue weighted by Gasteiger charge is 2.63. The van der Waals surface area contributed by atoms with Gasteiger partial charge in [-0.15, -0.1) is 0 Å². The molecule has 3 aliphatic carbocycles. The van der Waals surface area contributed by atoms with Crippen LogP contribution in [0.25, 0.3) is 33.7 Å². The third-order valence-corrected chi connectivity index (χ3v) is 10.1. The van der Waals surface area contributed by atoms with E-state index < -0.39 is 5.41 Å². The molecule has 5 aromatic carbocycles. The normalized spacial score (nSPS) is 16.6. The Morgan fingerprint density at radius 3 is 1.62 bits per heavy atom. The highest BCUT2D eigenvalue weighted by Crippen LogP contribution is 2.65. The van der Waals surface area contributed by atoms with Gasteiger partial charge in [-0.25, -0.2) is 9.97 Å². The lowest BCUT2D eigenvalue weighted by Gasteiger charge is -2.42. The number of para-hydroxylation sites is 2. The number of carbonyl (C=O) groups is 2. The fourth-order valence-electron chi connectivity index (χ4n) is 7.87. The van der Waals surface area contributed by atoms with Crippen molar-refractivity contribution in [3.8, 4) is 11.3 Å². The zero-order valence-electron chi connectivity index (χ0n) is 23.6. The van der Waals surface area contributed by atoms with Crippen LogP contribution in [-0.2, 0) is 5.41 Å². The van der Waals surface area contributed by atoms with E-state index in [1.807, 2.05) is 121 Å². The summed E-state index contributed by atoms with van der Waals surface area (Å²) in [6, 6.07) is 39.4. The minimum absolute atomic E-state index is 0.101. The SMILES string of the molecule is O=C1C2=C(c3ccccc31)N(c1ccc(Br)cc1)C1=C(C(=O)c3ccccc31)C21c2ccccc2-c2nc3ccccc3nc21. The maximum Gasteiger partial charge on any atom is 0.193 e. The summed E-state index contributed by atoms with van der Waals surface area (Å²) >= 11 is 3.59. The number of Topliss-reactive ketones (excluding diaryl/α,β-unsaturated/α-hetero) is 2. The average molecular weight is 643 g/mol. The molecule has 0 fully saturated rings. The third kappa shape index (κ3) is 2.93. The van der Waals surface area contributed by atoms with Crippen LogP contribution in [0.3, 0.4) is 0 Å². The van der Waals surface area contributed by atoms with Gasteiger partial charge >= 0.3 is 0 Å². The second-order valence-electron chi connectivity index (χ2n) is 11.7. The predicted octanol–water partition coefficient (Wildman–Crippen LogP) is 8.39. The van der Waals surface area contributed by atoms with E-state index in [4.69, 9.17) is 9.97 Å². The van der Waals surface area contributed by atoms with E-state index in [0.717, 1.165) is 49.3 Å². The first kappa shape index (κ1) is 24.9. The van der Waals surface area contributed by atoms with Gasteiger partial charge in [0.2, 0.25) is 0 Å². The fraction of sp³-hybridized carbons (Fsp3) is 0.0256. The van der Waals surface area contributed by atoms with Crippen LogP contribution >= 0.6 is 15.9 Å². The van der Waals surface area contributed by atoms with Gasteiger partial charge < -0.3 is 4.90 Å². The number of ketones is 2. The number of carbonyl (C=O) groups excluding carboxylic acids is 2. The van der Waals surface area contributed by atoms with E-state index in [1.165, 1.54) is 0 Å². The number of fused-ring (bicyclic) bond motifs is 12. The second kappa shape index (κ2) is 8.58. The molecule has 210 valence electrons. The van der Waals surface area contributed by atoms with Gasteiger partial charge in [0.1, 0.15) is 5.41 Å². The topological polar surface area (TPSA) is 63.2 Å². The van der Waals surface area contributed by atoms with Gasteiger partial charge in [-0.2, -0.15) is 0 Å². The Bertz CT molecular complexity index is 2360. The Morgan fingerprint density at radius 1 is 0.533 bits per heavy atom. The van der Waals surface area contributed by atoms with E-state index in [2.05, 4.69) is 20.8 Å². The van der Waals surface area contributed by atoms with Crippen LogP contribution in [0.2, 0.25) is 0 Å². The molecule has 0 saturated carbocycles. The molecular weight excluding hydrogens is 622 g/mol. The largest absolute Gasteiger partial charge is 0.308 e. The van der Waals surface area contributed by atoms with Gasteiger partial charge in [0, 0.05) is 49.1 Å². The summed E-state index contributed by atoms with van der Waals surface area (Å²) in [5, 5.41) is 0. The monoisotopic (exact) mass is 641 g/mol. The second-order valence-corrected chi connectivity index (χ2v) is 12.6. The van der Waals surface area contributed by atoms with Crippen molar-refractivity contribution in [1.82, 2.24) is 9.97 Å². The number of hydrogen-bond donors (Lipinski definition) is 0. The molecule has 45 heavy (non-hydrogen) atoms.